The molecule has 0 radical (unpaired) electrons. The highest BCUT2D eigenvalue weighted by molar-refractivity contribution is 5.78. The topological polar surface area (TPSA) is 46.5 Å². The summed E-state index contributed by atoms with van der Waals surface area (Å²) in [5, 5.41) is 10.00. The maximum atomic E-state index is 11.9. The van der Waals surface area contributed by atoms with Crippen LogP contribution in [0, 0.1) is 5.41 Å². The number of carbonyl (C=O) groups is 1. The monoisotopic (exact) mass is 212 g/mol. The van der Waals surface area contributed by atoms with Crippen molar-refractivity contribution in [2.24, 2.45) is 5.41 Å². The highest BCUT2D eigenvalue weighted by Crippen LogP contribution is 2.41. The maximum Gasteiger partial charge on any atom is 0.315 e. The van der Waals surface area contributed by atoms with Gasteiger partial charge in [0, 0.05) is 0 Å². The lowest BCUT2D eigenvalue weighted by Crippen LogP contribution is -2.45. The molecule has 86 valence electrons. The molecule has 0 aromatic carbocycles. The van der Waals surface area contributed by atoms with E-state index in [0.29, 0.717) is 25.9 Å². The molecule has 0 aromatic rings. The van der Waals surface area contributed by atoms with Crippen molar-refractivity contribution in [3.63, 3.8) is 0 Å². The van der Waals surface area contributed by atoms with Crippen LogP contribution in [0.15, 0.2) is 12.7 Å². The van der Waals surface area contributed by atoms with Crippen molar-refractivity contribution in [2.45, 2.75) is 45.1 Å². The van der Waals surface area contributed by atoms with E-state index in [4.69, 9.17) is 4.74 Å². The molecule has 0 unspecified atom stereocenters. The third kappa shape index (κ3) is 2.40. The first-order chi connectivity index (χ1) is 7.17. The van der Waals surface area contributed by atoms with Gasteiger partial charge in [0.25, 0.3) is 0 Å². The Morgan fingerprint density at radius 3 is 2.93 bits per heavy atom. The Bertz CT molecular complexity index is 237. The number of esters is 1. The van der Waals surface area contributed by atoms with Crippen LogP contribution in [0.5, 0.6) is 0 Å². The number of hydrogen-bond acceptors (Lipinski definition) is 3. The fourth-order valence-corrected chi connectivity index (χ4v) is 2.31. The molecule has 1 aliphatic rings. The summed E-state index contributed by atoms with van der Waals surface area (Å²) in [6, 6.07) is 0. The number of allylic oxidation sites excluding steroid dienone is 1. The molecule has 0 bridgehead atoms. The zero-order valence-electron chi connectivity index (χ0n) is 9.37. The molecule has 1 N–H and O–H groups in total. The van der Waals surface area contributed by atoms with Crippen molar-refractivity contribution in [1.82, 2.24) is 0 Å². The van der Waals surface area contributed by atoms with Gasteiger partial charge in [0.05, 0.1) is 18.1 Å². The van der Waals surface area contributed by atoms with Gasteiger partial charge in [0.1, 0.15) is 0 Å². The Hall–Kier alpha value is -0.830. The highest BCUT2D eigenvalue weighted by atomic mass is 16.5. The number of rotatable bonds is 4. The Kier molecular flexibility index (Phi) is 4.33. The van der Waals surface area contributed by atoms with Gasteiger partial charge in [-0.1, -0.05) is 18.9 Å². The molecule has 3 nitrogen and oxygen atoms in total. The molecule has 1 rings (SSSR count). The van der Waals surface area contributed by atoms with Crippen molar-refractivity contribution in [3.8, 4) is 0 Å². The van der Waals surface area contributed by atoms with Crippen LogP contribution < -0.4 is 0 Å². The second kappa shape index (κ2) is 5.31. The van der Waals surface area contributed by atoms with Crippen LogP contribution in [-0.2, 0) is 9.53 Å². The summed E-state index contributed by atoms with van der Waals surface area (Å²) in [5.74, 6) is -0.267. The van der Waals surface area contributed by atoms with E-state index >= 15 is 0 Å². The maximum absolute atomic E-state index is 11.9. The zero-order chi connectivity index (χ0) is 11.3. The Balaban J connectivity index is 2.84. The lowest BCUT2D eigenvalue weighted by Gasteiger charge is -2.38. The van der Waals surface area contributed by atoms with Gasteiger partial charge in [-0.25, -0.2) is 0 Å². The molecule has 1 fully saturated rings. The molecule has 0 aromatic heterocycles. The van der Waals surface area contributed by atoms with Gasteiger partial charge in [-0.2, -0.15) is 0 Å². The van der Waals surface area contributed by atoms with Gasteiger partial charge in [0.15, 0.2) is 0 Å². The van der Waals surface area contributed by atoms with E-state index in [1.165, 1.54) is 0 Å². The minimum Gasteiger partial charge on any atom is -0.465 e. The van der Waals surface area contributed by atoms with Gasteiger partial charge < -0.3 is 9.84 Å². The molecule has 0 aliphatic heterocycles. The third-order valence-electron chi connectivity index (χ3n) is 3.18. The standard InChI is InChI=1S/C12H20O3/c1-3-8-12(11(14)15-4-2)9-6-5-7-10(12)13/h3,10,13H,1,4-9H2,2H3/t10-,12+/m1/s1. The van der Waals surface area contributed by atoms with Crippen molar-refractivity contribution >= 4 is 5.97 Å². The molecule has 15 heavy (non-hydrogen) atoms. The number of hydrogen-bond donors (Lipinski definition) is 1. The predicted octanol–water partition coefficient (Wildman–Crippen LogP) is 2.05. The normalized spacial score (nSPS) is 30.9. The smallest absolute Gasteiger partial charge is 0.315 e. The lowest BCUT2D eigenvalue weighted by atomic mass is 9.69. The summed E-state index contributed by atoms with van der Waals surface area (Å²) < 4.78 is 5.06. The summed E-state index contributed by atoms with van der Waals surface area (Å²) in [7, 11) is 0. The van der Waals surface area contributed by atoms with Crippen LogP contribution in [0.1, 0.15) is 39.0 Å². The first-order valence-electron chi connectivity index (χ1n) is 5.63. The number of aliphatic hydroxyl groups excluding tert-OH is 1. The van der Waals surface area contributed by atoms with Gasteiger partial charge in [-0.15, -0.1) is 6.58 Å². The van der Waals surface area contributed by atoms with Crippen molar-refractivity contribution in [2.75, 3.05) is 6.61 Å². The molecular weight excluding hydrogens is 192 g/mol. The summed E-state index contributed by atoms with van der Waals surface area (Å²) in [5.41, 5.74) is -0.726. The van der Waals surface area contributed by atoms with E-state index in [2.05, 4.69) is 6.58 Å². The van der Waals surface area contributed by atoms with Gasteiger partial charge in [-0.3, -0.25) is 4.79 Å². The van der Waals surface area contributed by atoms with E-state index < -0.39 is 11.5 Å². The quantitative estimate of drug-likeness (QED) is 0.573. The SMILES string of the molecule is C=CC[C@]1(C(=O)OCC)CCCC[C@H]1O. The van der Waals surface area contributed by atoms with Gasteiger partial charge in [0.2, 0.25) is 0 Å². The van der Waals surface area contributed by atoms with Crippen molar-refractivity contribution < 1.29 is 14.6 Å². The molecule has 0 amide bonds. The molecule has 0 spiro atoms. The largest absolute Gasteiger partial charge is 0.465 e. The minimum absolute atomic E-state index is 0.267. The molecule has 0 saturated heterocycles. The molecule has 3 heteroatoms. The first-order valence-corrected chi connectivity index (χ1v) is 5.63. The predicted molar refractivity (Wildman–Crippen MR) is 58.4 cm³/mol. The van der Waals surface area contributed by atoms with Gasteiger partial charge >= 0.3 is 5.97 Å². The highest BCUT2D eigenvalue weighted by Gasteiger charge is 2.46. The van der Waals surface area contributed by atoms with Crippen LogP contribution in [-0.4, -0.2) is 23.8 Å². The second-order valence-corrected chi connectivity index (χ2v) is 4.13. The number of carbonyl (C=O) groups excluding carboxylic acids is 1. The summed E-state index contributed by atoms with van der Waals surface area (Å²) in [6.07, 6.45) is 4.98. The van der Waals surface area contributed by atoms with E-state index in [9.17, 15) is 9.90 Å². The molecule has 0 heterocycles. The lowest BCUT2D eigenvalue weighted by molar-refractivity contribution is -0.166. The van der Waals surface area contributed by atoms with E-state index in [1.807, 2.05) is 0 Å². The first kappa shape index (κ1) is 12.2. The number of aliphatic hydroxyl groups is 1. The van der Waals surface area contributed by atoms with Crippen molar-refractivity contribution in [1.29, 1.82) is 0 Å². The van der Waals surface area contributed by atoms with E-state index in [-0.39, 0.29) is 5.97 Å². The molecule has 2 atom stereocenters. The van der Waals surface area contributed by atoms with Gasteiger partial charge in [-0.05, 0) is 26.2 Å². The second-order valence-electron chi connectivity index (χ2n) is 4.13. The Labute approximate surface area is 91.1 Å². The van der Waals surface area contributed by atoms with Crippen molar-refractivity contribution in [3.05, 3.63) is 12.7 Å². The summed E-state index contributed by atoms with van der Waals surface area (Å²) in [4.78, 5) is 11.9. The summed E-state index contributed by atoms with van der Waals surface area (Å²) in [6.45, 7) is 5.81. The molecule has 1 saturated carbocycles. The summed E-state index contributed by atoms with van der Waals surface area (Å²) >= 11 is 0. The Morgan fingerprint density at radius 2 is 2.40 bits per heavy atom. The fourth-order valence-electron chi connectivity index (χ4n) is 2.31. The van der Waals surface area contributed by atoms with Crippen LogP contribution in [0.3, 0.4) is 0 Å². The average Bonchev–Trinajstić information content (AvgIpc) is 2.22. The van der Waals surface area contributed by atoms with Crippen LogP contribution in [0.25, 0.3) is 0 Å². The minimum atomic E-state index is -0.726. The van der Waals surface area contributed by atoms with E-state index in [0.717, 1.165) is 12.8 Å². The molecule has 1 aliphatic carbocycles. The fraction of sp³-hybridized carbons (Fsp3) is 0.750. The average molecular weight is 212 g/mol. The van der Waals surface area contributed by atoms with E-state index in [1.54, 1.807) is 13.0 Å². The molecular formula is C12H20O3. The Morgan fingerprint density at radius 1 is 1.67 bits per heavy atom. The van der Waals surface area contributed by atoms with Crippen LogP contribution in [0.4, 0.5) is 0 Å². The zero-order valence-corrected chi connectivity index (χ0v) is 9.37. The number of ether oxygens (including phenoxy) is 1. The third-order valence-corrected chi connectivity index (χ3v) is 3.18. The van der Waals surface area contributed by atoms with Crippen LogP contribution in [0.2, 0.25) is 0 Å². The van der Waals surface area contributed by atoms with Crippen LogP contribution >= 0.6 is 0 Å².